The van der Waals surface area contributed by atoms with E-state index in [9.17, 15) is 8.42 Å². The highest BCUT2D eigenvalue weighted by atomic mass is 35.5. The number of halogens is 2. The van der Waals surface area contributed by atoms with Crippen LogP contribution in [0.1, 0.15) is 12.5 Å². The highest BCUT2D eigenvalue weighted by molar-refractivity contribution is 7.89. The van der Waals surface area contributed by atoms with Crippen molar-refractivity contribution in [3.8, 4) is 0 Å². The van der Waals surface area contributed by atoms with Gasteiger partial charge in [-0.05, 0) is 38.7 Å². The van der Waals surface area contributed by atoms with Crippen molar-refractivity contribution in [2.75, 3.05) is 20.6 Å². The molecule has 0 saturated heterocycles. The van der Waals surface area contributed by atoms with Gasteiger partial charge in [0.25, 0.3) is 0 Å². The number of benzene rings is 1. The van der Waals surface area contributed by atoms with Crippen LogP contribution in [-0.2, 0) is 16.6 Å². The summed E-state index contributed by atoms with van der Waals surface area (Å²) in [6.45, 7) is 2.31. The maximum Gasteiger partial charge on any atom is 0.242 e. The van der Waals surface area contributed by atoms with E-state index in [1.807, 2.05) is 25.9 Å². The van der Waals surface area contributed by atoms with E-state index < -0.39 is 10.0 Å². The zero-order chi connectivity index (χ0) is 15.5. The minimum Gasteiger partial charge on any atom is -0.326 e. The summed E-state index contributed by atoms with van der Waals surface area (Å²) in [6, 6.07) is 2.94. The second-order valence-electron chi connectivity index (χ2n) is 4.75. The molecular weight excluding hydrogens is 321 g/mol. The van der Waals surface area contributed by atoms with E-state index in [4.69, 9.17) is 28.9 Å². The van der Waals surface area contributed by atoms with Crippen molar-refractivity contribution in [2.24, 2.45) is 5.73 Å². The van der Waals surface area contributed by atoms with E-state index in [-0.39, 0.29) is 34.1 Å². The Morgan fingerprint density at radius 2 is 1.95 bits per heavy atom. The normalized spacial score (nSPS) is 13.8. The van der Waals surface area contributed by atoms with E-state index in [1.54, 1.807) is 6.07 Å². The Hall–Kier alpha value is -0.370. The van der Waals surface area contributed by atoms with Crippen molar-refractivity contribution < 1.29 is 8.42 Å². The molecule has 1 atom stereocenters. The van der Waals surface area contributed by atoms with Gasteiger partial charge in [-0.25, -0.2) is 13.1 Å². The molecule has 0 fully saturated rings. The zero-order valence-corrected chi connectivity index (χ0v) is 14.0. The van der Waals surface area contributed by atoms with Crippen LogP contribution < -0.4 is 10.5 Å². The number of rotatable bonds is 6. The Labute approximate surface area is 130 Å². The molecule has 1 rings (SSSR count). The Morgan fingerprint density at radius 3 is 2.45 bits per heavy atom. The van der Waals surface area contributed by atoms with E-state index in [2.05, 4.69) is 4.72 Å². The molecular formula is C12H19Cl2N3O2S. The molecule has 8 heteroatoms. The minimum atomic E-state index is -3.72. The van der Waals surface area contributed by atoms with Gasteiger partial charge in [0.1, 0.15) is 4.90 Å². The fraction of sp³-hybridized carbons (Fsp3) is 0.500. The number of nitrogens with zero attached hydrogens (tertiary/aromatic N) is 1. The lowest BCUT2D eigenvalue weighted by Crippen LogP contribution is -2.38. The molecule has 5 nitrogen and oxygen atoms in total. The number of hydrogen-bond acceptors (Lipinski definition) is 4. The Bertz CT molecular complexity index is 576. The molecule has 0 bridgehead atoms. The number of likely N-dealkylation sites (N-methyl/N-ethyl adjacent to an activating group) is 1. The molecule has 0 aliphatic rings. The smallest absolute Gasteiger partial charge is 0.242 e. The summed E-state index contributed by atoms with van der Waals surface area (Å²) in [4.78, 5) is 1.87. The molecule has 114 valence electrons. The van der Waals surface area contributed by atoms with Gasteiger partial charge in [-0.1, -0.05) is 23.2 Å². The van der Waals surface area contributed by atoms with Crippen molar-refractivity contribution in [1.82, 2.24) is 9.62 Å². The minimum absolute atomic E-state index is 0.0435. The van der Waals surface area contributed by atoms with E-state index in [1.165, 1.54) is 6.07 Å². The lowest BCUT2D eigenvalue weighted by Gasteiger charge is -2.20. The molecule has 0 heterocycles. The van der Waals surface area contributed by atoms with Crippen LogP contribution in [0.4, 0.5) is 0 Å². The Kier molecular flexibility index (Phi) is 6.25. The van der Waals surface area contributed by atoms with E-state index >= 15 is 0 Å². The van der Waals surface area contributed by atoms with E-state index in [0.29, 0.717) is 5.56 Å². The lowest BCUT2D eigenvalue weighted by molar-refractivity contribution is 0.314. The topological polar surface area (TPSA) is 75.4 Å². The highest BCUT2D eigenvalue weighted by Crippen LogP contribution is 2.29. The molecule has 1 unspecified atom stereocenters. The van der Waals surface area contributed by atoms with Gasteiger partial charge in [0.15, 0.2) is 0 Å². The summed E-state index contributed by atoms with van der Waals surface area (Å²) >= 11 is 12.0. The van der Waals surface area contributed by atoms with Crippen molar-refractivity contribution in [2.45, 2.75) is 24.4 Å². The summed E-state index contributed by atoms with van der Waals surface area (Å²) in [5.41, 5.74) is 6.03. The van der Waals surface area contributed by atoms with Crippen LogP contribution in [0.15, 0.2) is 17.0 Å². The molecule has 0 radical (unpaired) electrons. The van der Waals surface area contributed by atoms with Crippen molar-refractivity contribution in [3.63, 3.8) is 0 Å². The molecule has 20 heavy (non-hydrogen) atoms. The molecule has 3 N–H and O–H groups in total. The van der Waals surface area contributed by atoms with Gasteiger partial charge in [-0.3, -0.25) is 0 Å². The SMILES string of the molecule is CC(CNS(=O)(=O)c1cc(Cl)cc(CN)c1Cl)N(C)C. The molecule has 0 aromatic heterocycles. The maximum absolute atomic E-state index is 12.3. The average molecular weight is 340 g/mol. The van der Waals surface area contributed by atoms with Crippen LogP contribution in [0.2, 0.25) is 10.0 Å². The van der Waals surface area contributed by atoms with E-state index in [0.717, 1.165) is 0 Å². The van der Waals surface area contributed by atoms with Gasteiger partial charge in [0, 0.05) is 24.2 Å². The number of nitrogens with two attached hydrogens (primary N) is 1. The van der Waals surface area contributed by atoms with Gasteiger partial charge >= 0.3 is 0 Å². The summed E-state index contributed by atoms with van der Waals surface area (Å²) in [6.07, 6.45) is 0. The third-order valence-corrected chi connectivity index (χ3v) is 5.26. The molecule has 1 aromatic carbocycles. The van der Waals surface area contributed by atoms with Crippen LogP contribution in [0, 0.1) is 0 Å². The first-order valence-corrected chi connectivity index (χ1v) is 8.27. The van der Waals surface area contributed by atoms with Crippen molar-refractivity contribution in [3.05, 3.63) is 27.7 Å². The van der Waals surface area contributed by atoms with Gasteiger partial charge in [0.05, 0.1) is 5.02 Å². The zero-order valence-electron chi connectivity index (χ0n) is 11.7. The molecule has 0 amide bonds. The molecule has 0 spiro atoms. The lowest BCUT2D eigenvalue weighted by atomic mass is 10.2. The predicted molar refractivity (Wildman–Crippen MR) is 82.7 cm³/mol. The quantitative estimate of drug-likeness (QED) is 0.826. The summed E-state index contributed by atoms with van der Waals surface area (Å²) < 4.78 is 27.1. The Balaban J connectivity index is 3.07. The molecule has 0 saturated carbocycles. The van der Waals surface area contributed by atoms with Crippen LogP contribution >= 0.6 is 23.2 Å². The van der Waals surface area contributed by atoms with Gasteiger partial charge in [-0.15, -0.1) is 0 Å². The number of nitrogens with one attached hydrogen (secondary N) is 1. The summed E-state index contributed by atoms with van der Waals surface area (Å²) in [5.74, 6) is 0. The third-order valence-electron chi connectivity index (χ3n) is 3.04. The maximum atomic E-state index is 12.3. The molecule has 0 aliphatic carbocycles. The first-order chi connectivity index (χ1) is 9.19. The fourth-order valence-corrected chi connectivity index (χ4v) is 3.51. The van der Waals surface area contributed by atoms with Crippen LogP contribution in [0.5, 0.6) is 0 Å². The monoisotopic (exact) mass is 339 g/mol. The van der Waals surface area contributed by atoms with Crippen molar-refractivity contribution in [1.29, 1.82) is 0 Å². The van der Waals surface area contributed by atoms with Crippen LogP contribution in [0.25, 0.3) is 0 Å². The summed E-state index contributed by atoms with van der Waals surface area (Å²) in [7, 11) is 0.0225. The van der Waals surface area contributed by atoms with Crippen molar-refractivity contribution >= 4 is 33.2 Å². The summed E-state index contributed by atoms with van der Waals surface area (Å²) in [5, 5.41) is 0.401. The third kappa shape index (κ3) is 4.31. The molecule has 0 aliphatic heterocycles. The second kappa shape index (κ2) is 7.06. The molecule has 1 aromatic rings. The predicted octanol–water partition coefficient (Wildman–Crippen LogP) is 1.68. The largest absolute Gasteiger partial charge is 0.326 e. The van der Waals surface area contributed by atoms with Gasteiger partial charge in [0.2, 0.25) is 10.0 Å². The Morgan fingerprint density at radius 1 is 1.35 bits per heavy atom. The number of hydrogen-bond donors (Lipinski definition) is 2. The first kappa shape index (κ1) is 17.7. The fourth-order valence-electron chi connectivity index (χ4n) is 1.45. The number of sulfonamides is 1. The average Bonchev–Trinajstić information content (AvgIpc) is 2.37. The first-order valence-electron chi connectivity index (χ1n) is 6.03. The van der Waals surface area contributed by atoms with Crippen LogP contribution in [0.3, 0.4) is 0 Å². The van der Waals surface area contributed by atoms with Gasteiger partial charge < -0.3 is 10.6 Å². The van der Waals surface area contributed by atoms with Gasteiger partial charge in [-0.2, -0.15) is 0 Å². The highest BCUT2D eigenvalue weighted by Gasteiger charge is 2.21. The van der Waals surface area contributed by atoms with Crippen LogP contribution in [-0.4, -0.2) is 40.0 Å². The standard InChI is InChI=1S/C12H19Cl2N3O2S/c1-8(17(2)3)7-16-20(18,19)11-5-10(13)4-9(6-15)12(11)14/h4-5,8,16H,6-7,15H2,1-3H3. The second-order valence-corrected chi connectivity index (χ2v) is 7.30.